The number of hydrogen-bond donors (Lipinski definition) is 2. The molecule has 0 saturated carbocycles. The lowest BCUT2D eigenvalue weighted by Gasteiger charge is -2.23. The van der Waals surface area contributed by atoms with Gasteiger partial charge in [0.2, 0.25) is 11.8 Å². The van der Waals surface area contributed by atoms with Gasteiger partial charge in [-0.3, -0.25) is 9.59 Å². The summed E-state index contributed by atoms with van der Waals surface area (Å²) in [5, 5.41) is 6.12. The van der Waals surface area contributed by atoms with Crippen molar-refractivity contribution in [1.29, 1.82) is 0 Å². The third-order valence-electron chi connectivity index (χ3n) is 3.42. The number of anilines is 1. The molecule has 0 radical (unpaired) electrons. The summed E-state index contributed by atoms with van der Waals surface area (Å²) < 4.78 is 13.5. The Hall–Kier alpha value is -2.19. The molecule has 2 aromatic carbocycles. The van der Waals surface area contributed by atoms with E-state index in [0.29, 0.717) is 10.0 Å². The van der Waals surface area contributed by atoms with Crippen LogP contribution >= 0.6 is 27.7 Å². The Labute approximate surface area is 156 Å². The average Bonchev–Trinajstić information content (AvgIpc) is 2.59. The largest absolute Gasteiger partial charge is 0.324 e. The molecule has 2 aromatic rings. The molecule has 3 rings (SSSR count). The van der Waals surface area contributed by atoms with Crippen LogP contribution in [0.15, 0.2) is 56.9 Å². The second-order valence-electron chi connectivity index (χ2n) is 5.26. The maximum absolute atomic E-state index is 13.2. The van der Waals surface area contributed by atoms with E-state index in [1.165, 1.54) is 30.1 Å². The number of hydrazone groups is 1. The van der Waals surface area contributed by atoms with E-state index in [-0.39, 0.29) is 24.1 Å². The van der Waals surface area contributed by atoms with E-state index in [1.807, 2.05) is 24.3 Å². The Kier molecular flexibility index (Phi) is 5.50. The molecule has 0 aliphatic carbocycles. The van der Waals surface area contributed by atoms with Crippen LogP contribution in [0.4, 0.5) is 10.1 Å². The smallest absolute Gasteiger partial charge is 0.241 e. The highest BCUT2D eigenvalue weighted by Crippen LogP contribution is 2.36. The Morgan fingerprint density at radius 2 is 2.16 bits per heavy atom. The first-order chi connectivity index (χ1) is 12.0. The van der Waals surface area contributed by atoms with Crippen molar-refractivity contribution in [3.05, 3.63) is 58.3 Å². The molecule has 0 saturated heterocycles. The van der Waals surface area contributed by atoms with Crippen LogP contribution in [0.5, 0.6) is 0 Å². The van der Waals surface area contributed by atoms with Crippen LogP contribution in [0.25, 0.3) is 0 Å². The van der Waals surface area contributed by atoms with Crippen molar-refractivity contribution < 1.29 is 14.0 Å². The summed E-state index contributed by atoms with van der Waals surface area (Å²) in [5.41, 5.74) is 3.78. The summed E-state index contributed by atoms with van der Waals surface area (Å²) in [6.07, 6.45) is 1.42. The molecule has 1 aliphatic heterocycles. The van der Waals surface area contributed by atoms with Crippen LogP contribution in [-0.2, 0) is 9.59 Å². The van der Waals surface area contributed by atoms with Gasteiger partial charge in [0.1, 0.15) is 5.82 Å². The van der Waals surface area contributed by atoms with E-state index in [1.54, 1.807) is 6.07 Å². The summed E-state index contributed by atoms with van der Waals surface area (Å²) in [7, 11) is 0. The number of nitrogens with one attached hydrogen (secondary N) is 2. The summed E-state index contributed by atoms with van der Waals surface area (Å²) in [6.45, 7) is 0. The molecule has 1 unspecified atom stereocenters. The van der Waals surface area contributed by atoms with Crippen molar-refractivity contribution in [1.82, 2.24) is 5.43 Å². The Morgan fingerprint density at radius 1 is 1.36 bits per heavy atom. The minimum atomic E-state index is -0.509. The third-order valence-corrected chi connectivity index (χ3v) is 5.31. The minimum absolute atomic E-state index is 0.00921. The van der Waals surface area contributed by atoms with Crippen molar-refractivity contribution in [3.8, 4) is 0 Å². The van der Waals surface area contributed by atoms with Gasteiger partial charge in [-0.25, -0.2) is 9.82 Å². The molecule has 8 heteroatoms. The SMILES string of the molecule is O=C(CC1Sc2ccccc2NC1=O)N/N=C/c1ccc(F)c(Br)c1. The number of hydrogen-bond acceptors (Lipinski definition) is 4. The molecule has 5 nitrogen and oxygen atoms in total. The first-order valence-electron chi connectivity index (χ1n) is 7.36. The van der Waals surface area contributed by atoms with Gasteiger partial charge in [0.15, 0.2) is 0 Å². The first-order valence-corrected chi connectivity index (χ1v) is 9.04. The number of benzene rings is 2. The van der Waals surface area contributed by atoms with E-state index in [4.69, 9.17) is 0 Å². The Bertz CT molecular complexity index is 860. The van der Waals surface area contributed by atoms with Gasteiger partial charge in [-0.2, -0.15) is 5.10 Å². The number of carbonyl (C=O) groups excluding carboxylic acids is 2. The fraction of sp³-hybridized carbons (Fsp3) is 0.118. The van der Waals surface area contributed by atoms with Crippen LogP contribution in [0.3, 0.4) is 0 Å². The van der Waals surface area contributed by atoms with Crippen molar-refractivity contribution in [2.75, 3.05) is 5.32 Å². The van der Waals surface area contributed by atoms with E-state index in [2.05, 4.69) is 31.8 Å². The van der Waals surface area contributed by atoms with E-state index in [0.717, 1.165) is 10.6 Å². The zero-order chi connectivity index (χ0) is 17.8. The molecule has 0 bridgehead atoms. The van der Waals surface area contributed by atoms with Crippen LogP contribution in [0, 0.1) is 5.82 Å². The predicted octanol–water partition coefficient (Wildman–Crippen LogP) is 3.54. The molecular formula is C17H13BrFN3O2S. The molecular weight excluding hydrogens is 409 g/mol. The van der Waals surface area contributed by atoms with Crippen LogP contribution in [0.2, 0.25) is 0 Å². The fourth-order valence-electron chi connectivity index (χ4n) is 2.21. The Balaban J connectivity index is 1.56. The lowest BCUT2D eigenvalue weighted by atomic mass is 10.2. The molecule has 1 heterocycles. The first kappa shape index (κ1) is 17.6. The van der Waals surface area contributed by atoms with Gasteiger partial charge in [0.25, 0.3) is 0 Å². The van der Waals surface area contributed by atoms with E-state index in [9.17, 15) is 14.0 Å². The summed E-state index contributed by atoms with van der Waals surface area (Å²) in [5.74, 6) is -0.948. The number of nitrogens with zero attached hydrogens (tertiary/aromatic N) is 1. The number of amides is 2. The normalized spacial score (nSPS) is 16.4. The predicted molar refractivity (Wildman–Crippen MR) is 99.2 cm³/mol. The van der Waals surface area contributed by atoms with Gasteiger partial charge in [0, 0.05) is 11.3 Å². The lowest BCUT2D eigenvalue weighted by Crippen LogP contribution is -2.33. The number of fused-ring (bicyclic) bond motifs is 1. The second-order valence-corrected chi connectivity index (χ2v) is 7.36. The zero-order valence-electron chi connectivity index (χ0n) is 12.8. The van der Waals surface area contributed by atoms with Gasteiger partial charge < -0.3 is 5.32 Å². The van der Waals surface area contributed by atoms with Crippen molar-refractivity contribution in [3.63, 3.8) is 0 Å². The maximum Gasteiger partial charge on any atom is 0.241 e. The highest BCUT2D eigenvalue weighted by atomic mass is 79.9. The minimum Gasteiger partial charge on any atom is -0.324 e. The molecule has 2 amide bonds. The molecule has 0 fully saturated rings. The van der Waals surface area contributed by atoms with E-state index < -0.39 is 5.25 Å². The van der Waals surface area contributed by atoms with Crippen molar-refractivity contribution in [2.24, 2.45) is 5.10 Å². The van der Waals surface area contributed by atoms with Gasteiger partial charge in [0.05, 0.1) is 21.6 Å². The quantitative estimate of drug-likeness (QED) is 0.585. The fourth-order valence-corrected chi connectivity index (χ4v) is 3.72. The average molecular weight is 422 g/mol. The van der Waals surface area contributed by atoms with Gasteiger partial charge in [-0.15, -0.1) is 11.8 Å². The molecule has 0 spiro atoms. The number of para-hydroxylation sites is 1. The number of rotatable bonds is 4. The summed E-state index contributed by atoms with van der Waals surface area (Å²) in [4.78, 5) is 25.0. The summed E-state index contributed by atoms with van der Waals surface area (Å²) in [6, 6.07) is 11.8. The van der Waals surface area contributed by atoms with Crippen LogP contribution in [0.1, 0.15) is 12.0 Å². The topological polar surface area (TPSA) is 70.6 Å². The molecule has 0 aromatic heterocycles. The Morgan fingerprint density at radius 3 is 2.96 bits per heavy atom. The standard InChI is InChI=1S/C17H13BrFN3O2S/c18-11-7-10(5-6-12(11)19)9-20-22-16(23)8-15-17(24)21-13-3-1-2-4-14(13)25-15/h1-7,9,15H,8H2,(H,21,24)(H,22,23)/b20-9+. The van der Waals surface area contributed by atoms with Crippen molar-refractivity contribution in [2.45, 2.75) is 16.6 Å². The number of halogens is 2. The van der Waals surface area contributed by atoms with Crippen LogP contribution in [-0.4, -0.2) is 23.3 Å². The highest BCUT2D eigenvalue weighted by molar-refractivity contribution is 9.10. The van der Waals surface area contributed by atoms with Gasteiger partial charge in [-0.1, -0.05) is 18.2 Å². The number of carbonyl (C=O) groups is 2. The molecule has 25 heavy (non-hydrogen) atoms. The molecule has 128 valence electrons. The van der Waals surface area contributed by atoms with E-state index >= 15 is 0 Å². The maximum atomic E-state index is 13.2. The molecule has 1 aliphatic rings. The monoisotopic (exact) mass is 421 g/mol. The molecule has 2 N–H and O–H groups in total. The van der Waals surface area contributed by atoms with Gasteiger partial charge in [-0.05, 0) is 45.8 Å². The molecule has 1 atom stereocenters. The summed E-state index contributed by atoms with van der Waals surface area (Å²) >= 11 is 4.44. The zero-order valence-corrected chi connectivity index (χ0v) is 15.2. The van der Waals surface area contributed by atoms with Crippen LogP contribution < -0.4 is 10.7 Å². The van der Waals surface area contributed by atoms with Gasteiger partial charge >= 0.3 is 0 Å². The van der Waals surface area contributed by atoms with Crippen molar-refractivity contribution >= 4 is 51.4 Å². The lowest BCUT2D eigenvalue weighted by molar-refractivity contribution is -0.124. The number of thioether (sulfide) groups is 1. The highest BCUT2D eigenvalue weighted by Gasteiger charge is 2.28. The third kappa shape index (κ3) is 4.46. The second kappa shape index (κ2) is 7.79.